The summed E-state index contributed by atoms with van der Waals surface area (Å²) in [6.07, 6.45) is 1.45. The molecule has 4 nitrogen and oxygen atoms in total. The van der Waals surface area contributed by atoms with Crippen LogP contribution in [0.3, 0.4) is 0 Å². The van der Waals surface area contributed by atoms with Crippen LogP contribution in [0.2, 0.25) is 0 Å². The number of pyridine rings is 1. The average Bonchev–Trinajstić information content (AvgIpc) is 2.46. The maximum absolute atomic E-state index is 9.10. The van der Waals surface area contributed by atoms with Crippen LogP contribution >= 0.6 is 0 Å². The van der Waals surface area contributed by atoms with Gasteiger partial charge in [0.25, 0.3) is 0 Å². The molecule has 0 N–H and O–H groups in total. The van der Waals surface area contributed by atoms with Crippen LogP contribution in [-0.2, 0) is 0 Å². The van der Waals surface area contributed by atoms with Gasteiger partial charge in [0, 0.05) is 11.8 Å². The second kappa shape index (κ2) is 4.99. The van der Waals surface area contributed by atoms with Gasteiger partial charge in [0.2, 0.25) is 0 Å². The van der Waals surface area contributed by atoms with Crippen LogP contribution in [0.4, 0.5) is 0 Å². The molecule has 86 valence electrons. The largest absolute Gasteiger partial charge is 0.497 e. The molecule has 0 spiro atoms. The van der Waals surface area contributed by atoms with Crippen molar-refractivity contribution in [2.75, 3.05) is 7.11 Å². The van der Waals surface area contributed by atoms with Gasteiger partial charge in [0.05, 0.1) is 23.9 Å². The SMILES string of the molecule is COc1cccc(-c2ncc(C#N)cc2C#N)c1. The predicted octanol–water partition coefficient (Wildman–Crippen LogP) is 2.50. The van der Waals surface area contributed by atoms with Crippen LogP contribution in [0.1, 0.15) is 11.1 Å². The lowest BCUT2D eigenvalue weighted by Gasteiger charge is -2.05. The van der Waals surface area contributed by atoms with Crippen molar-refractivity contribution < 1.29 is 4.74 Å². The minimum atomic E-state index is 0.373. The van der Waals surface area contributed by atoms with Crippen LogP contribution < -0.4 is 4.74 Å². The van der Waals surface area contributed by atoms with E-state index in [1.54, 1.807) is 13.2 Å². The fourth-order valence-electron chi connectivity index (χ4n) is 1.61. The minimum Gasteiger partial charge on any atom is -0.497 e. The van der Waals surface area contributed by atoms with E-state index in [1.165, 1.54) is 12.3 Å². The van der Waals surface area contributed by atoms with Gasteiger partial charge in [-0.25, -0.2) is 0 Å². The van der Waals surface area contributed by atoms with E-state index in [2.05, 4.69) is 11.1 Å². The van der Waals surface area contributed by atoms with Gasteiger partial charge < -0.3 is 4.74 Å². The number of rotatable bonds is 2. The molecule has 1 aromatic carbocycles. The first-order valence-corrected chi connectivity index (χ1v) is 5.23. The normalized spacial score (nSPS) is 9.28. The molecule has 0 saturated heterocycles. The van der Waals surface area contributed by atoms with E-state index < -0.39 is 0 Å². The van der Waals surface area contributed by atoms with Gasteiger partial charge in [-0.15, -0.1) is 0 Å². The molecule has 18 heavy (non-hydrogen) atoms. The molecule has 0 bridgehead atoms. The highest BCUT2D eigenvalue weighted by atomic mass is 16.5. The molecule has 0 aliphatic heterocycles. The summed E-state index contributed by atoms with van der Waals surface area (Å²) in [6, 6.07) is 12.8. The molecule has 0 amide bonds. The molecule has 0 aliphatic rings. The van der Waals surface area contributed by atoms with Gasteiger partial charge in [0.15, 0.2) is 0 Å². The number of hydrogen-bond acceptors (Lipinski definition) is 4. The van der Waals surface area contributed by atoms with E-state index in [0.717, 1.165) is 5.56 Å². The second-order valence-corrected chi connectivity index (χ2v) is 3.58. The summed E-state index contributed by atoms with van der Waals surface area (Å²) in [4.78, 5) is 4.17. The fourth-order valence-corrected chi connectivity index (χ4v) is 1.61. The lowest BCUT2D eigenvalue weighted by atomic mass is 10.0. The topological polar surface area (TPSA) is 69.7 Å². The maximum Gasteiger partial charge on any atom is 0.119 e. The number of ether oxygens (including phenoxy) is 1. The summed E-state index contributed by atoms with van der Waals surface area (Å²) < 4.78 is 5.13. The van der Waals surface area contributed by atoms with Gasteiger partial charge in [-0.3, -0.25) is 4.98 Å². The molecule has 0 saturated carbocycles. The van der Waals surface area contributed by atoms with Gasteiger partial charge in [-0.05, 0) is 18.2 Å². The van der Waals surface area contributed by atoms with Gasteiger partial charge in [-0.1, -0.05) is 12.1 Å². The Labute approximate surface area is 105 Å². The number of hydrogen-bond donors (Lipinski definition) is 0. The molecule has 4 heteroatoms. The first-order valence-electron chi connectivity index (χ1n) is 5.23. The molecule has 2 rings (SSSR count). The van der Waals surface area contributed by atoms with Crippen molar-refractivity contribution in [3.8, 4) is 29.1 Å². The van der Waals surface area contributed by atoms with E-state index in [9.17, 15) is 0 Å². The number of aromatic nitrogens is 1. The molecule has 2 aromatic rings. The van der Waals surface area contributed by atoms with Crippen LogP contribution in [0.15, 0.2) is 36.5 Å². The molecule has 0 radical (unpaired) electrons. The van der Waals surface area contributed by atoms with Crippen LogP contribution in [0, 0.1) is 22.7 Å². The Morgan fingerprint density at radius 3 is 2.67 bits per heavy atom. The predicted molar refractivity (Wildman–Crippen MR) is 65.7 cm³/mol. The average molecular weight is 235 g/mol. The van der Waals surface area contributed by atoms with E-state index in [1.807, 2.05) is 24.3 Å². The first kappa shape index (κ1) is 11.6. The smallest absolute Gasteiger partial charge is 0.119 e. The first-order chi connectivity index (χ1) is 8.78. The number of nitrogens with zero attached hydrogens (tertiary/aromatic N) is 3. The zero-order chi connectivity index (χ0) is 13.0. The van der Waals surface area contributed by atoms with Gasteiger partial charge in [0.1, 0.15) is 17.9 Å². The Morgan fingerprint density at radius 1 is 1.17 bits per heavy atom. The Kier molecular flexibility index (Phi) is 3.22. The Balaban J connectivity index is 2.57. The quantitative estimate of drug-likeness (QED) is 0.801. The fraction of sp³-hybridized carbons (Fsp3) is 0.0714. The zero-order valence-corrected chi connectivity index (χ0v) is 9.71. The van der Waals surface area contributed by atoms with E-state index >= 15 is 0 Å². The third kappa shape index (κ3) is 2.14. The summed E-state index contributed by atoms with van der Waals surface area (Å²) in [5.74, 6) is 0.697. The van der Waals surface area contributed by atoms with E-state index in [0.29, 0.717) is 22.6 Å². The third-order valence-corrected chi connectivity index (χ3v) is 2.48. The standard InChI is InChI=1S/C14H9N3O/c1-18-13-4-2-3-11(6-13)14-12(8-16)5-10(7-15)9-17-14/h2-6,9H,1H3. The van der Waals surface area contributed by atoms with Crippen LogP contribution in [0.5, 0.6) is 5.75 Å². The number of methoxy groups -OCH3 is 1. The molecule has 0 atom stereocenters. The third-order valence-electron chi connectivity index (χ3n) is 2.48. The van der Waals surface area contributed by atoms with Crippen molar-refractivity contribution in [2.45, 2.75) is 0 Å². The van der Waals surface area contributed by atoms with Crippen molar-refractivity contribution in [1.82, 2.24) is 4.98 Å². The highest BCUT2D eigenvalue weighted by Gasteiger charge is 2.08. The molecule has 0 aliphatic carbocycles. The highest BCUT2D eigenvalue weighted by Crippen LogP contribution is 2.25. The Hall–Kier alpha value is -2.85. The second-order valence-electron chi connectivity index (χ2n) is 3.58. The van der Waals surface area contributed by atoms with Crippen molar-refractivity contribution in [3.63, 3.8) is 0 Å². The minimum absolute atomic E-state index is 0.373. The monoisotopic (exact) mass is 235 g/mol. The molecular weight excluding hydrogens is 226 g/mol. The van der Waals surface area contributed by atoms with Gasteiger partial charge in [-0.2, -0.15) is 10.5 Å². The van der Waals surface area contributed by atoms with Crippen LogP contribution in [-0.4, -0.2) is 12.1 Å². The molecule has 1 aromatic heterocycles. The molecule has 0 unspecified atom stereocenters. The van der Waals surface area contributed by atoms with E-state index in [-0.39, 0.29) is 0 Å². The highest BCUT2D eigenvalue weighted by molar-refractivity contribution is 5.68. The molecule has 1 heterocycles. The van der Waals surface area contributed by atoms with Crippen molar-refractivity contribution in [2.24, 2.45) is 0 Å². The van der Waals surface area contributed by atoms with Gasteiger partial charge >= 0.3 is 0 Å². The van der Waals surface area contributed by atoms with Crippen molar-refractivity contribution in [3.05, 3.63) is 47.7 Å². The van der Waals surface area contributed by atoms with Crippen molar-refractivity contribution >= 4 is 0 Å². The van der Waals surface area contributed by atoms with Crippen LogP contribution in [0.25, 0.3) is 11.3 Å². The summed E-state index contributed by atoms with van der Waals surface area (Å²) >= 11 is 0. The summed E-state index contributed by atoms with van der Waals surface area (Å²) in [6.45, 7) is 0. The zero-order valence-electron chi connectivity index (χ0n) is 9.71. The number of nitriles is 2. The lowest BCUT2D eigenvalue weighted by Crippen LogP contribution is -1.92. The summed E-state index contributed by atoms with van der Waals surface area (Å²) in [5.41, 5.74) is 2.09. The molecule has 0 fully saturated rings. The Bertz CT molecular complexity index is 665. The maximum atomic E-state index is 9.10. The molecular formula is C14H9N3O. The summed E-state index contributed by atoms with van der Waals surface area (Å²) in [7, 11) is 1.58. The Morgan fingerprint density at radius 2 is 2.00 bits per heavy atom. The lowest BCUT2D eigenvalue weighted by molar-refractivity contribution is 0.415. The summed E-state index contributed by atoms with van der Waals surface area (Å²) in [5, 5.41) is 17.9. The van der Waals surface area contributed by atoms with E-state index in [4.69, 9.17) is 15.3 Å². The number of benzene rings is 1. The van der Waals surface area contributed by atoms with Crippen molar-refractivity contribution in [1.29, 1.82) is 10.5 Å².